The minimum atomic E-state index is 0.149. The summed E-state index contributed by atoms with van der Waals surface area (Å²) in [5, 5.41) is 6.21. The molecule has 0 bridgehead atoms. The number of amides is 1. The van der Waals surface area contributed by atoms with E-state index >= 15 is 0 Å². The predicted molar refractivity (Wildman–Crippen MR) is 60.9 cm³/mol. The van der Waals surface area contributed by atoms with E-state index in [4.69, 9.17) is 0 Å². The molecule has 1 aliphatic rings. The van der Waals surface area contributed by atoms with Crippen LogP contribution in [0.25, 0.3) is 0 Å². The third kappa shape index (κ3) is 3.06. The Morgan fingerprint density at radius 1 is 1.62 bits per heavy atom. The zero-order chi connectivity index (χ0) is 11.2. The average molecular weight is 222 g/mol. The van der Waals surface area contributed by atoms with Gasteiger partial charge in [0.1, 0.15) is 0 Å². The summed E-state index contributed by atoms with van der Waals surface area (Å²) in [5.41, 5.74) is 1.06. The van der Waals surface area contributed by atoms with Crippen LogP contribution in [0.3, 0.4) is 0 Å². The van der Waals surface area contributed by atoms with Gasteiger partial charge in [0.25, 0.3) is 0 Å². The molecule has 3 N–H and O–H groups in total. The monoisotopic (exact) mass is 222 g/mol. The standard InChI is InChI=1S/C11H18N4O/c16-11(9-2-1-4-12-6-9)14-5-3-10-7-13-8-15-10/h7-9,12H,1-6H2,(H,13,15)(H,14,16)/t9-/m0/s1. The summed E-state index contributed by atoms with van der Waals surface area (Å²) in [6.07, 6.45) is 6.35. The molecule has 2 rings (SSSR count). The van der Waals surface area contributed by atoms with E-state index < -0.39 is 0 Å². The Morgan fingerprint density at radius 2 is 2.56 bits per heavy atom. The molecule has 1 fully saturated rings. The maximum absolute atomic E-state index is 11.7. The zero-order valence-corrected chi connectivity index (χ0v) is 9.33. The Balaban J connectivity index is 1.67. The molecular weight excluding hydrogens is 204 g/mol. The number of piperidine rings is 1. The molecule has 1 atom stereocenters. The average Bonchev–Trinajstić information content (AvgIpc) is 2.83. The Bertz CT molecular complexity index is 317. The molecule has 1 aromatic heterocycles. The van der Waals surface area contributed by atoms with Crippen LogP contribution in [0, 0.1) is 5.92 Å². The number of nitrogens with zero attached hydrogens (tertiary/aromatic N) is 1. The number of rotatable bonds is 4. The van der Waals surface area contributed by atoms with Gasteiger partial charge in [-0.2, -0.15) is 0 Å². The van der Waals surface area contributed by atoms with Crippen molar-refractivity contribution in [1.82, 2.24) is 20.6 Å². The van der Waals surface area contributed by atoms with Crippen LogP contribution < -0.4 is 10.6 Å². The molecule has 1 aromatic rings. The zero-order valence-electron chi connectivity index (χ0n) is 9.33. The van der Waals surface area contributed by atoms with Crippen LogP contribution in [0.4, 0.5) is 0 Å². The summed E-state index contributed by atoms with van der Waals surface area (Å²) in [6, 6.07) is 0. The number of aromatic amines is 1. The molecule has 5 nitrogen and oxygen atoms in total. The van der Waals surface area contributed by atoms with Crippen molar-refractivity contribution in [2.24, 2.45) is 5.92 Å². The Morgan fingerprint density at radius 3 is 3.25 bits per heavy atom. The van der Waals surface area contributed by atoms with Gasteiger partial charge in [-0.1, -0.05) is 0 Å². The van der Waals surface area contributed by atoms with Gasteiger partial charge >= 0.3 is 0 Å². The molecule has 1 aliphatic heterocycles. The lowest BCUT2D eigenvalue weighted by atomic mass is 9.99. The summed E-state index contributed by atoms with van der Waals surface area (Å²) < 4.78 is 0. The molecule has 1 amide bonds. The molecule has 1 saturated heterocycles. The fourth-order valence-corrected chi connectivity index (χ4v) is 1.96. The van der Waals surface area contributed by atoms with Crippen LogP contribution >= 0.6 is 0 Å². The Kier molecular flexibility index (Phi) is 3.93. The van der Waals surface area contributed by atoms with Crippen molar-refractivity contribution in [3.8, 4) is 0 Å². The number of nitrogens with one attached hydrogen (secondary N) is 3. The van der Waals surface area contributed by atoms with Crippen molar-refractivity contribution < 1.29 is 4.79 Å². The summed E-state index contributed by atoms with van der Waals surface area (Å²) in [5.74, 6) is 0.322. The first kappa shape index (κ1) is 11.1. The third-order valence-electron chi connectivity index (χ3n) is 2.92. The number of aromatic nitrogens is 2. The van der Waals surface area contributed by atoms with Crippen molar-refractivity contribution in [3.63, 3.8) is 0 Å². The number of carbonyl (C=O) groups is 1. The van der Waals surface area contributed by atoms with Gasteiger partial charge in [-0.25, -0.2) is 4.98 Å². The molecule has 5 heteroatoms. The quantitative estimate of drug-likeness (QED) is 0.675. The maximum atomic E-state index is 11.7. The molecule has 16 heavy (non-hydrogen) atoms. The molecule has 88 valence electrons. The highest BCUT2D eigenvalue weighted by Gasteiger charge is 2.19. The van der Waals surface area contributed by atoms with Gasteiger partial charge in [0.05, 0.1) is 12.2 Å². The largest absolute Gasteiger partial charge is 0.355 e. The van der Waals surface area contributed by atoms with Crippen LogP contribution in [0.1, 0.15) is 18.5 Å². The van der Waals surface area contributed by atoms with Crippen molar-refractivity contribution >= 4 is 5.91 Å². The van der Waals surface area contributed by atoms with E-state index in [-0.39, 0.29) is 11.8 Å². The van der Waals surface area contributed by atoms with Crippen LogP contribution in [0.5, 0.6) is 0 Å². The van der Waals surface area contributed by atoms with Gasteiger partial charge in [-0.3, -0.25) is 4.79 Å². The minimum Gasteiger partial charge on any atom is -0.355 e. The lowest BCUT2D eigenvalue weighted by Crippen LogP contribution is -2.41. The van der Waals surface area contributed by atoms with E-state index in [1.165, 1.54) is 0 Å². The second-order valence-corrected chi connectivity index (χ2v) is 4.16. The van der Waals surface area contributed by atoms with Gasteiger partial charge in [-0.15, -0.1) is 0 Å². The van der Waals surface area contributed by atoms with E-state index in [1.807, 2.05) is 0 Å². The molecule has 0 unspecified atom stereocenters. The topological polar surface area (TPSA) is 69.8 Å². The SMILES string of the molecule is O=C(NCCc1cnc[nH]1)[C@H]1CCCNC1. The second-order valence-electron chi connectivity index (χ2n) is 4.16. The number of H-pyrrole nitrogens is 1. The van der Waals surface area contributed by atoms with E-state index in [0.29, 0.717) is 6.54 Å². The van der Waals surface area contributed by atoms with E-state index in [0.717, 1.165) is 38.0 Å². The van der Waals surface area contributed by atoms with Gasteiger partial charge in [0.15, 0.2) is 0 Å². The Labute approximate surface area is 95.0 Å². The van der Waals surface area contributed by atoms with E-state index in [2.05, 4.69) is 20.6 Å². The van der Waals surface area contributed by atoms with Gasteiger partial charge in [0.2, 0.25) is 5.91 Å². The number of hydrogen-bond acceptors (Lipinski definition) is 3. The molecule has 0 spiro atoms. The van der Waals surface area contributed by atoms with Crippen LogP contribution in [-0.2, 0) is 11.2 Å². The van der Waals surface area contributed by atoms with E-state index in [1.54, 1.807) is 12.5 Å². The molecule has 2 heterocycles. The lowest BCUT2D eigenvalue weighted by molar-refractivity contribution is -0.125. The fraction of sp³-hybridized carbons (Fsp3) is 0.636. The highest BCUT2D eigenvalue weighted by molar-refractivity contribution is 5.78. The molecule has 0 aromatic carbocycles. The first-order chi connectivity index (χ1) is 7.86. The van der Waals surface area contributed by atoms with Crippen LogP contribution in [-0.4, -0.2) is 35.5 Å². The minimum absolute atomic E-state index is 0.149. The molecule has 0 aliphatic carbocycles. The number of carbonyl (C=O) groups excluding carboxylic acids is 1. The summed E-state index contributed by atoms with van der Waals surface area (Å²) in [4.78, 5) is 18.7. The second kappa shape index (κ2) is 5.65. The van der Waals surface area contributed by atoms with Crippen molar-refractivity contribution in [3.05, 3.63) is 18.2 Å². The smallest absolute Gasteiger partial charge is 0.224 e. The maximum Gasteiger partial charge on any atom is 0.224 e. The van der Waals surface area contributed by atoms with Gasteiger partial charge < -0.3 is 15.6 Å². The highest BCUT2D eigenvalue weighted by Crippen LogP contribution is 2.09. The molecular formula is C11H18N4O. The van der Waals surface area contributed by atoms with E-state index in [9.17, 15) is 4.79 Å². The van der Waals surface area contributed by atoms with Gasteiger partial charge in [-0.05, 0) is 19.4 Å². The van der Waals surface area contributed by atoms with Crippen molar-refractivity contribution in [1.29, 1.82) is 0 Å². The fourth-order valence-electron chi connectivity index (χ4n) is 1.96. The van der Waals surface area contributed by atoms with Crippen LogP contribution in [0.2, 0.25) is 0 Å². The summed E-state index contributed by atoms with van der Waals surface area (Å²) in [6.45, 7) is 2.53. The van der Waals surface area contributed by atoms with Crippen molar-refractivity contribution in [2.45, 2.75) is 19.3 Å². The van der Waals surface area contributed by atoms with Crippen LogP contribution in [0.15, 0.2) is 12.5 Å². The van der Waals surface area contributed by atoms with Gasteiger partial charge in [0, 0.05) is 31.4 Å². The summed E-state index contributed by atoms with van der Waals surface area (Å²) in [7, 11) is 0. The predicted octanol–water partition coefficient (Wildman–Crippen LogP) is 0.0680. The number of hydrogen-bond donors (Lipinski definition) is 3. The third-order valence-corrected chi connectivity index (χ3v) is 2.92. The molecule has 0 saturated carbocycles. The summed E-state index contributed by atoms with van der Waals surface area (Å²) >= 11 is 0. The first-order valence-corrected chi connectivity index (χ1v) is 5.82. The number of imidazole rings is 1. The normalized spacial score (nSPS) is 20.6. The molecule has 0 radical (unpaired) electrons. The van der Waals surface area contributed by atoms with Crippen molar-refractivity contribution in [2.75, 3.05) is 19.6 Å². The Hall–Kier alpha value is -1.36. The first-order valence-electron chi connectivity index (χ1n) is 5.82. The lowest BCUT2D eigenvalue weighted by Gasteiger charge is -2.21. The highest BCUT2D eigenvalue weighted by atomic mass is 16.1.